The molecule has 2 rings (SSSR count). The minimum Gasteiger partial charge on any atom is -0.465 e. The molecule has 0 aliphatic carbocycles. The fraction of sp³-hybridized carbons (Fsp3) is 0.412. The lowest BCUT2D eigenvalue weighted by molar-refractivity contribution is -0.126. The zero-order valence-corrected chi connectivity index (χ0v) is 15.7. The van der Waals surface area contributed by atoms with Gasteiger partial charge in [-0.2, -0.15) is 0 Å². The molecule has 9 heteroatoms. The number of piperidine rings is 1. The molecule has 1 heterocycles. The highest BCUT2D eigenvalue weighted by Crippen LogP contribution is 2.17. The molecule has 1 aromatic carbocycles. The second kappa shape index (κ2) is 9.05. The second-order valence-corrected chi connectivity index (χ2v) is 8.29. The van der Waals surface area contributed by atoms with Gasteiger partial charge >= 0.3 is 6.09 Å². The Balaban J connectivity index is 1.79. The van der Waals surface area contributed by atoms with Crippen LogP contribution in [0, 0.1) is 5.92 Å². The van der Waals surface area contributed by atoms with Crippen LogP contribution in [0.4, 0.5) is 4.79 Å². The van der Waals surface area contributed by atoms with Crippen molar-refractivity contribution in [2.75, 3.05) is 19.6 Å². The van der Waals surface area contributed by atoms with Crippen molar-refractivity contribution < 1.29 is 23.1 Å². The summed E-state index contributed by atoms with van der Waals surface area (Å²) >= 11 is 5.74. The molecule has 1 aliphatic rings. The average Bonchev–Trinajstić information content (AvgIpc) is 2.61. The van der Waals surface area contributed by atoms with Gasteiger partial charge in [0.1, 0.15) is 0 Å². The van der Waals surface area contributed by atoms with Crippen molar-refractivity contribution in [3.63, 3.8) is 0 Å². The first-order valence-electron chi connectivity index (χ1n) is 8.22. The Morgan fingerprint density at radius 2 is 2.00 bits per heavy atom. The molecule has 2 N–H and O–H groups in total. The van der Waals surface area contributed by atoms with Gasteiger partial charge in [0.25, 0.3) is 0 Å². The molecule has 7 nitrogen and oxygen atoms in total. The van der Waals surface area contributed by atoms with Crippen molar-refractivity contribution in [2.45, 2.75) is 24.2 Å². The highest BCUT2D eigenvalue weighted by Gasteiger charge is 2.27. The summed E-state index contributed by atoms with van der Waals surface area (Å²) in [6.07, 6.45) is 2.13. The van der Waals surface area contributed by atoms with Crippen molar-refractivity contribution in [1.82, 2.24) is 10.2 Å². The maximum atomic E-state index is 12.1. The zero-order chi connectivity index (χ0) is 19.2. The minimum absolute atomic E-state index is 0.151. The lowest BCUT2D eigenvalue weighted by Gasteiger charge is -2.29. The van der Waals surface area contributed by atoms with Gasteiger partial charge in [-0.3, -0.25) is 4.79 Å². The summed E-state index contributed by atoms with van der Waals surface area (Å²) in [6, 6.07) is 5.88. The molecule has 26 heavy (non-hydrogen) atoms. The molecule has 0 radical (unpaired) electrons. The molecule has 1 aliphatic heterocycles. The van der Waals surface area contributed by atoms with Gasteiger partial charge in [0.2, 0.25) is 5.91 Å². The van der Waals surface area contributed by atoms with E-state index in [0.717, 1.165) is 5.41 Å². The topological polar surface area (TPSA) is 104 Å². The predicted octanol–water partition coefficient (Wildman–Crippen LogP) is 2.52. The number of carbonyl (C=O) groups is 2. The second-order valence-electron chi connectivity index (χ2n) is 6.02. The van der Waals surface area contributed by atoms with Gasteiger partial charge in [0, 0.05) is 30.1 Å². The van der Waals surface area contributed by atoms with Gasteiger partial charge < -0.3 is 15.3 Å². The number of likely N-dealkylation sites (tertiary alicyclic amines) is 1. The van der Waals surface area contributed by atoms with Crippen LogP contribution in [0.2, 0.25) is 5.02 Å². The molecule has 1 aromatic rings. The largest absolute Gasteiger partial charge is 0.465 e. The maximum absolute atomic E-state index is 12.1. The van der Waals surface area contributed by atoms with E-state index in [1.54, 1.807) is 0 Å². The van der Waals surface area contributed by atoms with Gasteiger partial charge in [-0.25, -0.2) is 13.2 Å². The summed E-state index contributed by atoms with van der Waals surface area (Å²) in [4.78, 5) is 24.5. The standard InChI is InChI=1S/C17H21ClN2O5S/c18-14-5-7-15(8-6-14)26(24,25)11-2-1-9-19-16(21)13-4-3-10-20(12-13)17(22)23/h2,5-8,11,13H,1,3-4,9-10,12H2,(H,19,21)(H,22,23)/b11-2+/t13-/m0/s1. The third-order valence-electron chi connectivity index (χ3n) is 4.09. The third-order valence-corrected chi connectivity index (χ3v) is 5.82. The highest BCUT2D eigenvalue weighted by atomic mass is 35.5. The van der Waals surface area contributed by atoms with Crippen LogP contribution in [0.5, 0.6) is 0 Å². The molecule has 0 spiro atoms. The number of carboxylic acid groups (broad SMARTS) is 1. The number of sulfone groups is 1. The molecular formula is C17H21ClN2O5S. The Labute approximate surface area is 157 Å². The molecule has 0 aromatic heterocycles. The van der Waals surface area contributed by atoms with Crippen molar-refractivity contribution in [2.24, 2.45) is 5.92 Å². The van der Waals surface area contributed by atoms with E-state index in [1.807, 2.05) is 0 Å². The summed E-state index contributed by atoms with van der Waals surface area (Å²) in [6.45, 7) is 0.932. The number of hydrogen-bond donors (Lipinski definition) is 2. The number of nitrogens with zero attached hydrogens (tertiary/aromatic N) is 1. The lowest BCUT2D eigenvalue weighted by atomic mass is 9.97. The summed E-state index contributed by atoms with van der Waals surface area (Å²) in [5, 5.41) is 13.3. The van der Waals surface area contributed by atoms with Crippen LogP contribution in [0.1, 0.15) is 19.3 Å². The third kappa shape index (κ3) is 5.74. The van der Waals surface area contributed by atoms with E-state index >= 15 is 0 Å². The number of amides is 2. The van der Waals surface area contributed by atoms with Crippen LogP contribution in [-0.4, -0.2) is 50.1 Å². The van der Waals surface area contributed by atoms with Crippen LogP contribution in [-0.2, 0) is 14.6 Å². The van der Waals surface area contributed by atoms with Crippen LogP contribution in [0.25, 0.3) is 0 Å². The van der Waals surface area contributed by atoms with E-state index in [4.69, 9.17) is 16.7 Å². The Morgan fingerprint density at radius 1 is 1.31 bits per heavy atom. The number of benzene rings is 1. The van der Waals surface area contributed by atoms with Gasteiger partial charge in [0.15, 0.2) is 9.84 Å². The number of nitrogens with one attached hydrogen (secondary N) is 1. The van der Waals surface area contributed by atoms with Crippen molar-refractivity contribution >= 4 is 33.4 Å². The van der Waals surface area contributed by atoms with Gasteiger partial charge in [-0.1, -0.05) is 17.7 Å². The SMILES string of the molecule is O=C(NCC/C=C/S(=O)(=O)c1ccc(Cl)cc1)[C@H]1CCCN(C(=O)O)C1. The summed E-state index contributed by atoms with van der Waals surface area (Å²) < 4.78 is 24.2. The summed E-state index contributed by atoms with van der Waals surface area (Å²) in [5.41, 5.74) is 0. The summed E-state index contributed by atoms with van der Waals surface area (Å²) in [7, 11) is -3.54. The number of carbonyl (C=O) groups excluding carboxylic acids is 1. The molecule has 0 unspecified atom stereocenters. The first kappa shape index (κ1) is 20.3. The first-order valence-corrected chi connectivity index (χ1v) is 10.1. The van der Waals surface area contributed by atoms with E-state index < -0.39 is 15.9 Å². The molecule has 1 atom stereocenters. The number of halogens is 1. The molecular weight excluding hydrogens is 380 g/mol. The van der Waals surface area contributed by atoms with Gasteiger partial charge in [0.05, 0.1) is 10.8 Å². The zero-order valence-electron chi connectivity index (χ0n) is 14.1. The van der Waals surface area contributed by atoms with Crippen LogP contribution in [0.15, 0.2) is 40.6 Å². The molecule has 1 fully saturated rings. The van der Waals surface area contributed by atoms with E-state index in [2.05, 4.69) is 5.32 Å². The monoisotopic (exact) mass is 400 g/mol. The molecule has 142 valence electrons. The van der Waals surface area contributed by atoms with Crippen molar-refractivity contribution in [1.29, 1.82) is 0 Å². The average molecular weight is 401 g/mol. The molecule has 0 saturated carbocycles. The van der Waals surface area contributed by atoms with E-state index in [0.29, 0.717) is 30.8 Å². The van der Waals surface area contributed by atoms with E-state index in [-0.39, 0.29) is 29.8 Å². The fourth-order valence-electron chi connectivity index (χ4n) is 2.69. The van der Waals surface area contributed by atoms with Crippen LogP contribution in [0.3, 0.4) is 0 Å². The Bertz CT molecular complexity index is 777. The highest BCUT2D eigenvalue weighted by molar-refractivity contribution is 7.94. The van der Waals surface area contributed by atoms with Crippen molar-refractivity contribution in [3.05, 3.63) is 40.8 Å². The number of rotatable bonds is 6. The molecule has 2 amide bonds. The quantitative estimate of drug-likeness (QED) is 0.714. The van der Waals surface area contributed by atoms with Gasteiger partial charge in [-0.05, 0) is 43.5 Å². The molecule has 1 saturated heterocycles. The Morgan fingerprint density at radius 3 is 2.65 bits per heavy atom. The van der Waals surface area contributed by atoms with Gasteiger partial charge in [-0.15, -0.1) is 0 Å². The number of hydrogen-bond acceptors (Lipinski definition) is 4. The fourth-order valence-corrected chi connectivity index (χ4v) is 3.87. The lowest BCUT2D eigenvalue weighted by Crippen LogP contribution is -2.45. The maximum Gasteiger partial charge on any atom is 0.407 e. The first-order chi connectivity index (χ1) is 12.3. The Kier molecular flexibility index (Phi) is 7.05. The van der Waals surface area contributed by atoms with Crippen molar-refractivity contribution in [3.8, 4) is 0 Å². The minimum atomic E-state index is -3.54. The van der Waals surface area contributed by atoms with Crippen LogP contribution < -0.4 is 5.32 Å². The summed E-state index contributed by atoms with van der Waals surface area (Å²) in [5.74, 6) is -0.563. The van der Waals surface area contributed by atoms with E-state index in [1.165, 1.54) is 35.2 Å². The van der Waals surface area contributed by atoms with Crippen LogP contribution >= 0.6 is 11.6 Å². The van der Waals surface area contributed by atoms with E-state index in [9.17, 15) is 18.0 Å². The normalized spacial score (nSPS) is 18.0. The predicted molar refractivity (Wildman–Crippen MR) is 97.7 cm³/mol. The smallest absolute Gasteiger partial charge is 0.407 e. The Hall–Kier alpha value is -2.06. The molecule has 0 bridgehead atoms.